The van der Waals surface area contributed by atoms with Crippen LogP contribution < -0.4 is 5.73 Å². The Balaban J connectivity index is 1.83. The van der Waals surface area contributed by atoms with E-state index in [1.165, 1.54) is 24.1 Å². The summed E-state index contributed by atoms with van der Waals surface area (Å²) in [7, 11) is 2.25. The van der Waals surface area contributed by atoms with Gasteiger partial charge < -0.3 is 10.6 Å². The first-order valence-corrected chi connectivity index (χ1v) is 8.42. The van der Waals surface area contributed by atoms with Crippen molar-refractivity contribution in [2.75, 3.05) is 13.6 Å². The highest BCUT2D eigenvalue weighted by molar-refractivity contribution is 7.09. The lowest BCUT2D eigenvalue weighted by Crippen LogP contribution is -2.44. The molecule has 1 saturated carbocycles. The van der Waals surface area contributed by atoms with Crippen LogP contribution in [0.4, 0.5) is 0 Å². The average molecular weight is 280 g/mol. The Morgan fingerprint density at radius 2 is 2.26 bits per heavy atom. The maximum atomic E-state index is 6.30. The number of thiophene rings is 1. The van der Waals surface area contributed by atoms with Gasteiger partial charge in [0.2, 0.25) is 0 Å². The first-order chi connectivity index (χ1) is 9.06. The van der Waals surface area contributed by atoms with E-state index in [9.17, 15) is 0 Å². The number of rotatable bonds is 5. The first kappa shape index (κ1) is 15.0. The van der Waals surface area contributed by atoms with Crippen LogP contribution in [0.3, 0.4) is 0 Å². The van der Waals surface area contributed by atoms with Gasteiger partial charge >= 0.3 is 0 Å². The Hall–Kier alpha value is -0.380. The quantitative estimate of drug-likeness (QED) is 0.896. The van der Waals surface area contributed by atoms with E-state index in [4.69, 9.17) is 5.73 Å². The van der Waals surface area contributed by atoms with E-state index in [0.29, 0.717) is 18.0 Å². The van der Waals surface area contributed by atoms with Gasteiger partial charge in [0.25, 0.3) is 0 Å². The molecule has 0 bridgehead atoms. The molecule has 2 rings (SSSR count). The molecular formula is C16H28N2S. The van der Waals surface area contributed by atoms with E-state index >= 15 is 0 Å². The van der Waals surface area contributed by atoms with Crippen molar-refractivity contribution >= 4 is 11.3 Å². The molecule has 0 aliphatic heterocycles. The van der Waals surface area contributed by atoms with Gasteiger partial charge in [-0.25, -0.2) is 0 Å². The fraction of sp³-hybridized carbons (Fsp3) is 0.750. The highest BCUT2D eigenvalue weighted by Crippen LogP contribution is 2.29. The van der Waals surface area contributed by atoms with Crippen LogP contribution in [0.1, 0.15) is 38.0 Å². The van der Waals surface area contributed by atoms with Crippen LogP contribution in [0.2, 0.25) is 0 Å². The van der Waals surface area contributed by atoms with Crippen LogP contribution in [0, 0.1) is 11.8 Å². The summed E-state index contributed by atoms with van der Waals surface area (Å²) < 4.78 is 0. The van der Waals surface area contributed by atoms with Crippen LogP contribution in [-0.4, -0.2) is 30.6 Å². The van der Waals surface area contributed by atoms with Gasteiger partial charge in [0.15, 0.2) is 0 Å². The standard InChI is InChI=1S/C16H28N2S/c1-12-6-7-16(17)14(9-12)11-18(3)13(2)10-15-5-4-8-19-15/h4-5,8,12-14,16H,6-7,9-11,17H2,1-3H3. The summed E-state index contributed by atoms with van der Waals surface area (Å²) in [4.78, 5) is 3.99. The van der Waals surface area contributed by atoms with Gasteiger partial charge in [0.1, 0.15) is 0 Å². The predicted molar refractivity (Wildman–Crippen MR) is 84.6 cm³/mol. The van der Waals surface area contributed by atoms with Gasteiger partial charge in [-0.15, -0.1) is 11.3 Å². The van der Waals surface area contributed by atoms with Crippen molar-refractivity contribution in [2.24, 2.45) is 17.6 Å². The highest BCUT2D eigenvalue weighted by atomic mass is 32.1. The molecule has 1 aromatic rings. The molecule has 0 amide bonds. The zero-order chi connectivity index (χ0) is 13.8. The Morgan fingerprint density at radius 1 is 1.47 bits per heavy atom. The topological polar surface area (TPSA) is 29.3 Å². The van der Waals surface area contributed by atoms with E-state index in [0.717, 1.165) is 18.9 Å². The van der Waals surface area contributed by atoms with Crippen LogP contribution in [0.25, 0.3) is 0 Å². The summed E-state index contributed by atoms with van der Waals surface area (Å²) in [5, 5.41) is 2.17. The highest BCUT2D eigenvalue weighted by Gasteiger charge is 2.27. The van der Waals surface area contributed by atoms with E-state index in [2.05, 4.69) is 43.3 Å². The van der Waals surface area contributed by atoms with Gasteiger partial charge in [0, 0.05) is 23.5 Å². The Kier molecular flexibility index (Phi) is 5.43. The van der Waals surface area contributed by atoms with Crippen molar-refractivity contribution < 1.29 is 0 Å². The molecule has 1 heterocycles. The minimum atomic E-state index is 0.410. The second-order valence-electron chi connectivity index (χ2n) is 6.41. The zero-order valence-electron chi connectivity index (χ0n) is 12.5. The number of hydrogen-bond acceptors (Lipinski definition) is 3. The molecule has 1 aromatic heterocycles. The largest absolute Gasteiger partial charge is 0.327 e. The van der Waals surface area contributed by atoms with Gasteiger partial charge in [-0.3, -0.25) is 0 Å². The lowest BCUT2D eigenvalue weighted by atomic mass is 9.79. The molecule has 0 saturated heterocycles. The van der Waals surface area contributed by atoms with Crippen LogP contribution in [0.5, 0.6) is 0 Å². The monoisotopic (exact) mass is 280 g/mol. The zero-order valence-corrected chi connectivity index (χ0v) is 13.3. The molecule has 0 radical (unpaired) electrons. The second kappa shape index (κ2) is 6.87. The normalized spacial score (nSPS) is 29.6. The lowest BCUT2D eigenvalue weighted by molar-refractivity contribution is 0.154. The van der Waals surface area contributed by atoms with Crippen molar-refractivity contribution in [3.8, 4) is 0 Å². The Labute approximate surface area is 122 Å². The lowest BCUT2D eigenvalue weighted by Gasteiger charge is -2.37. The maximum absolute atomic E-state index is 6.30. The third-order valence-corrected chi connectivity index (χ3v) is 5.55. The second-order valence-corrected chi connectivity index (χ2v) is 7.45. The van der Waals surface area contributed by atoms with E-state index in [1.54, 1.807) is 0 Å². The van der Waals surface area contributed by atoms with E-state index < -0.39 is 0 Å². The summed E-state index contributed by atoms with van der Waals surface area (Å²) in [6.45, 7) is 5.85. The molecule has 0 aromatic carbocycles. The Morgan fingerprint density at radius 3 is 2.95 bits per heavy atom. The van der Waals surface area contributed by atoms with Crippen molar-refractivity contribution in [1.82, 2.24) is 4.90 Å². The average Bonchev–Trinajstić information content (AvgIpc) is 2.86. The third-order valence-electron chi connectivity index (χ3n) is 4.66. The summed E-state index contributed by atoms with van der Waals surface area (Å²) >= 11 is 1.86. The molecule has 2 nitrogen and oxygen atoms in total. The van der Waals surface area contributed by atoms with E-state index in [-0.39, 0.29) is 0 Å². The fourth-order valence-electron chi connectivity index (χ4n) is 3.16. The van der Waals surface area contributed by atoms with Gasteiger partial charge in [-0.2, -0.15) is 0 Å². The number of likely N-dealkylation sites (N-methyl/N-ethyl adjacent to an activating group) is 1. The molecule has 4 unspecified atom stereocenters. The van der Waals surface area contributed by atoms with Crippen molar-refractivity contribution in [2.45, 2.75) is 51.6 Å². The minimum absolute atomic E-state index is 0.410. The molecule has 4 atom stereocenters. The molecule has 3 heteroatoms. The third kappa shape index (κ3) is 4.30. The van der Waals surface area contributed by atoms with Gasteiger partial charge in [0.05, 0.1) is 0 Å². The summed E-state index contributed by atoms with van der Waals surface area (Å²) in [5.41, 5.74) is 6.30. The number of nitrogens with zero attached hydrogens (tertiary/aromatic N) is 1. The molecule has 19 heavy (non-hydrogen) atoms. The summed E-state index contributed by atoms with van der Waals surface area (Å²) in [5.74, 6) is 1.53. The van der Waals surface area contributed by atoms with E-state index in [1.807, 2.05) is 11.3 Å². The smallest absolute Gasteiger partial charge is 0.0112 e. The van der Waals surface area contributed by atoms with Gasteiger partial charge in [-0.1, -0.05) is 13.0 Å². The summed E-state index contributed by atoms with van der Waals surface area (Å²) in [6, 6.07) is 5.39. The van der Waals surface area contributed by atoms with Crippen LogP contribution >= 0.6 is 11.3 Å². The molecule has 1 aliphatic rings. The minimum Gasteiger partial charge on any atom is -0.327 e. The SMILES string of the molecule is CC1CCC(N)C(CN(C)C(C)Cc2cccs2)C1. The predicted octanol–water partition coefficient (Wildman–Crippen LogP) is 3.37. The number of hydrogen-bond donors (Lipinski definition) is 1. The first-order valence-electron chi connectivity index (χ1n) is 7.54. The summed E-state index contributed by atoms with van der Waals surface area (Å²) in [6.07, 6.45) is 4.98. The molecule has 2 N–H and O–H groups in total. The molecule has 0 spiro atoms. The van der Waals surface area contributed by atoms with Crippen molar-refractivity contribution in [1.29, 1.82) is 0 Å². The van der Waals surface area contributed by atoms with Crippen LogP contribution in [-0.2, 0) is 6.42 Å². The molecule has 108 valence electrons. The van der Waals surface area contributed by atoms with Gasteiger partial charge in [-0.05, 0) is 62.9 Å². The Bertz CT molecular complexity index is 363. The number of nitrogens with two attached hydrogens (primary N) is 1. The van der Waals surface area contributed by atoms with Crippen molar-refractivity contribution in [3.63, 3.8) is 0 Å². The fourth-order valence-corrected chi connectivity index (χ4v) is 3.98. The van der Waals surface area contributed by atoms with Crippen molar-refractivity contribution in [3.05, 3.63) is 22.4 Å². The molecular weight excluding hydrogens is 252 g/mol. The molecule has 1 fully saturated rings. The van der Waals surface area contributed by atoms with Crippen LogP contribution in [0.15, 0.2) is 17.5 Å². The molecule has 1 aliphatic carbocycles. The maximum Gasteiger partial charge on any atom is 0.0112 e.